The van der Waals surface area contributed by atoms with Gasteiger partial charge < -0.3 is 49.7 Å². The molecule has 33 heavy (non-hydrogen) atoms. The zero-order chi connectivity index (χ0) is 25.4. The van der Waals surface area contributed by atoms with Crippen molar-refractivity contribution in [3.05, 3.63) is 0 Å². The lowest BCUT2D eigenvalue weighted by atomic mass is 10.1. The van der Waals surface area contributed by atoms with E-state index in [0.717, 1.165) is 0 Å². The Kier molecular flexibility index (Phi) is 14.5. The standard InChI is InChI=1S/C18H35N9O6/c19-6-2-1-5-11(17(32)33)27-16(31)12(8-13(21)28)26-14(29)9-25-15(30)10(20)4-3-7-24-18(22)23/h10-12H,1-9,19-20H2,(H2,21,28)(H,25,30)(H,26,29)(H,27,31)(H,32,33)(H4,22,23,24)/t10-,11-,12-/m0/s1. The molecule has 0 saturated carbocycles. The Morgan fingerprint density at radius 2 is 1.55 bits per heavy atom. The van der Waals surface area contributed by atoms with E-state index in [9.17, 15) is 29.1 Å². The Labute approximate surface area is 191 Å². The average molecular weight is 474 g/mol. The van der Waals surface area contributed by atoms with Crippen molar-refractivity contribution in [2.24, 2.45) is 33.7 Å². The summed E-state index contributed by atoms with van der Waals surface area (Å²) in [4.78, 5) is 63.0. The maximum absolute atomic E-state index is 12.4. The Morgan fingerprint density at radius 1 is 0.879 bits per heavy atom. The van der Waals surface area contributed by atoms with E-state index in [1.807, 2.05) is 0 Å². The number of nitrogens with two attached hydrogens (primary N) is 5. The first kappa shape index (κ1) is 29.5. The summed E-state index contributed by atoms with van der Waals surface area (Å²) in [6, 6.07) is -3.56. The highest BCUT2D eigenvalue weighted by atomic mass is 16.4. The molecule has 0 heterocycles. The molecule has 0 aromatic rings. The monoisotopic (exact) mass is 473 g/mol. The van der Waals surface area contributed by atoms with Crippen LogP contribution < -0.4 is 44.6 Å². The van der Waals surface area contributed by atoms with Crippen LogP contribution in [-0.4, -0.2) is 78.4 Å². The summed E-state index contributed by atoms with van der Waals surface area (Å²) < 4.78 is 0. The van der Waals surface area contributed by atoms with Crippen molar-refractivity contribution < 1.29 is 29.1 Å². The van der Waals surface area contributed by atoms with Crippen LogP contribution in [0, 0.1) is 0 Å². The third kappa shape index (κ3) is 14.3. The molecule has 188 valence electrons. The molecule has 0 unspecified atom stereocenters. The quantitative estimate of drug-likeness (QED) is 0.0554. The van der Waals surface area contributed by atoms with Gasteiger partial charge in [-0.1, -0.05) is 0 Å². The molecule has 4 amide bonds. The van der Waals surface area contributed by atoms with Gasteiger partial charge >= 0.3 is 5.97 Å². The van der Waals surface area contributed by atoms with Gasteiger partial charge in [0.25, 0.3) is 0 Å². The zero-order valence-electron chi connectivity index (χ0n) is 18.4. The molecule has 0 aromatic heterocycles. The molecular formula is C18H35N9O6. The lowest BCUT2D eigenvalue weighted by Crippen LogP contribution is -2.54. The minimum Gasteiger partial charge on any atom is -0.480 e. The van der Waals surface area contributed by atoms with Crippen molar-refractivity contribution >= 4 is 35.6 Å². The van der Waals surface area contributed by atoms with Crippen LogP contribution in [0.15, 0.2) is 4.99 Å². The lowest BCUT2D eigenvalue weighted by Gasteiger charge is -2.21. The molecule has 0 aromatic carbocycles. The van der Waals surface area contributed by atoms with E-state index < -0.39 is 60.7 Å². The van der Waals surface area contributed by atoms with Gasteiger partial charge in [0, 0.05) is 6.54 Å². The summed E-state index contributed by atoms with van der Waals surface area (Å²) in [5, 5.41) is 16.1. The molecular weight excluding hydrogens is 438 g/mol. The number of primary amides is 1. The fourth-order valence-corrected chi connectivity index (χ4v) is 2.63. The molecule has 15 nitrogen and oxygen atoms in total. The fraction of sp³-hybridized carbons (Fsp3) is 0.667. The minimum absolute atomic E-state index is 0.0792. The number of guanidine groups is 1. The van der Waals surface area contributed by atoms with Crippen molar-refractivity contribution in [1.82, 2.24) is 16.0 Å². The molecule has 3 atom stereocenters. The largest absolute Gasteiger partial charge is 0.480 e. The van der Waals surface area contributed by atoms with Crippen molar-refractivity contribution in [1.29, 1.82) is 0 Å². The second kappa shape index (κ2) is 16.2. The first-order valence-corrected chi connectivity index (χ1v) is 10.4. The number of carbonyl (C=O) groups excluding carboxylic acids is 4. The number of carboxylic acid groups (broad SMARTS) is 1. The van der Waals surface area contributed by atoms with Gasteiger partial charge in [0.2, 0.25) is 23.6 Å². The predicted molar refractivity (Wildman–Crippen MR) is 119 cm³/mol. The number of hydrogen-bond acceptors (Lipinski definition) is 8. The molecule has 0 aliphatic carbocycles. The van der Waals surface area contributed by atoms with Gasteiger partial charge in [-0.05, 0) is 38.6 Å². The molecule has 14 N–H and O–H groups in total. The van der Waals surface area contributed by atoms with Crippen molar-refractivity contribution in [2.45, 2.75) is 56.7 Å². The van der Waals surface area contributed by atoms with E-state index in [1.54, 1.807) is 0 Å². The van der Waals surface area contributed by atoms with Crippen LogP contribution in [0.25, 0.3) is 0 Å². The summed E-state index contributed by atoms with van der Waals surface area (Å²) >= 11 is 0. The van der Waals surface area contributed by atoms with Crippen LogP contribution in [0.5, 0.6) is 0 Å². The number of aliphatic carboxylic acids is 1. The molecule has 0 rings (SSSR count). The number of nitrogens with zero attached hydrogens (tertiary/aromatic N) is 1. The maximum atomic E-state index is 12.4. The van der Waals surface area contributed by atoms with Gasteiger partial charge in [0.1, 0.15) is 12.1 Å². The second-order valence-corrected chi connectivity index (χ2v) is 7.25. The van der Waals surface area contributed by atoms with E-state index in [0.29, 0.717) is 25.8 Å². The van der Waals surface area contributed by atoms with Crippen LogP contribution in [0.3, 0.4) is 0 Å². The molecule has 0 radical (unpaired) electrons. The van der Waals surface area contributed by atoms with Crippen molar-refractivity contribution in [2.75, 3.05) is 19.6 Å². The van der Waals surface area contributed by atoms with E-state index in [-0.39, 0.29) is 25.3 Å². The lowest BCUT2D eigenvalue weighted by molar-refractivity contribution is -0.142. The second-order valence-electron chi connectivity index (χ2n) is 7.25. The maximum Gasteiger partial charge on any atom is 0.326 e. The highest BCUT2D eigenvalue weighted by molar-refractivity contribution is 5.94. The van der Waals surface area contributed by atoms with Gasteiger partial charge in [-0.3, -0.25) is 24.2 Å². The molecule has 0 spiro atoms. The molecule has 0 fully saturated rings. The van der Waals surface area contributed by atoms with E-state index in [1.165, 1.54) is 0 Å². The summed E-state index contributed by atoms with van der Waals surface area (Å²) in [6.45, 7) is 0.130. The number of amides is 4. The number of hydrogen-bond donors (Lipinski definition) is 9. The third-order valence-corrected chi connectivity index (χ3v) is 4.35. The van der Waals surface area contributed by atoms with Crippen molar-refractivity contribution in [3.8, 4) is 0 Å². The van der Waals surface area contributed by atoms with Crippen LogP contribution in [0.4, 0.5) is 0 Å². The Hall–Kier alpha value is -3.46. The molecule has 0 bridgehead atoms. The summed E-state index contributed by atoms with van der Waals surface area (Å²) in [6.07, 6.45) is 1.28. The van der Waals surface area contributed by atoms with Gasteiger partial charge in [-0.15, -0.1) is 0 Å². The normalized spacial score (nSPS) is 13.2. The smallest absolute Gasteiger partial charge is 0.326 e. The number of carboxylic acids is 1. The first-order chi connectivity index (χ1) is 15.5. The number of aliphatic imine (C=N–C) groups is 1. The highest BCUT2D eigenvalue weighted by Crippen LogP contribution is 2.03. The SMILES string of the molecule is NCCCC[C@H](NC(=O)[C@H](CC(N)=O)NC(=O)CNC(=O)[C@@H](N)CCCN=C(N)N)C(=O)O. The molecule has 0 saturated heterocycles. The first-order valence-electron chi connectivity index (χ1n) is 10.4. The summed E-state index contributed by atoms with van der Waals surface area (Å²) in [5.74, 6) is -4.55. The Balaban J connectivity index is 4.77. The zero-order valence-corrected chi connectivity index (χ0v) is 18.4. The number of nitrogens with one attached hydrogen (secondary N) is 3. The summed E-state index contributed by atoms with van der Waals surface area (Å²) in [7, 11) is 0. The van der Waals surface area contributed by atoms with E-state index >= 15 is 0 Å². The average Bonchev–Trinajstić information content (AvgIpc) is 2.73. The van der Waals surface area contributed by atoms with Gasteiger partial charge in [-0.2, -0.15) is 0 Å². The number of unbranched alkanes of at least 4 members (excludes halogenated alkanes) is 1. The van der Waals surface area contributed by atoms with E-state index in [4.69, 9.17) is 28.7 Å². The number of rotatable bonds is 17. The third-order valence-electron chi connectivity index (χ3n) is 4.35. The fourth-order valence-electron chi connectivity index (χ4n) is 2.63. The Morgan fingerprint density at radius 3 is 2.09 bits per heavy atom. The topological polar surface area (TPSA) is 284 Å². The van der Waals surface area contributed by atoms with Gasteiger partial charge in [0.15, 0.2) is 5.96 Å². The molecule has 0 aliphatic heterocycles. The van der Waals surface area contributed by atoms with Crippen LogP contribution in [0.2, 0.25) is 0 Å². The van der Waals surface area contributed by atoms with Gasteiger partial charge in [-0.25, -0.2) is 4.79 Å². The minimum atomic E-state index is -1.42. The molecule has 15 heteroatoms. The van der Waals surface area contributed by atoms with Gasteiger partial charge in [0.05, 0.1) is 19.0 Å². The number of carbonyl (C=O) groups is 5. The van der Waals surface area contributed by atoms with Crippen LogP contribution >= 0.6 is 0 Å². The van der Waals surface area contributed by atoms with Crippen molar-refractivity contribution in [3.63, 3.8) is 0 Å². The Bertz CT molecular complexity index is 712. The van der Waals surface area contributed by atoms with E-state index in [2.05, 4.69) is 20.9 Å². The predicted octanol–water partition coefficient (Wildman–Crippen LogP) is -4.46. The van der Waals surface area contributed by atoms with Crippen LogP contribution in [0.1, 0.15) is 38.5 Å². The van der Waals surface area contributed by atoms with Crippen LogP contribution in [-0.2, 0) is 24.0 Å². The molecule has 0 aliphatic rings. The highest BCUT2D eigenvalue weighted by Gasteiger charge is 2.27. The summed E-state index contributed by atoms with van der Waals surface area (Å²) in [5.41, 5.74) is 26.6.